The standard InChI is InChI=1S/C17H28N2OS/c1-16(21-2)8-9-18-10-12-19(13-11-18)14-15-20-17-6-4-3-5-7-17/h3-7,16H,8-15H2,1-2H3/t16-/m0/s1. The van der Waals surface area contributed by atoms with Crippen LogP contribution in [0.1, 0.15) is 13.3 Å². The van der Waals surface area contributed by atoms with Crippen molar-refractivity contribution in [3.8, 4) is 5.75 Å². The van der Waals surface area contributed by atoms with Gasteiger partial charge < -0.3 is 9.64 Å². The lowest BCUT2D eigenvalue weighted by atomic mass is 10.2. The summed E-state index contributed by atoms with van der Waals surface area (Å²) < 4.78 is 5.77. The SMILES string of the molecule is CS[C@@H](C)CCN1CCN(CCOc2ccccc2)CC1. The molecular formula is C17H28N2OS. The number of benzene rings is 1. The van der Waals surface area contributed by atoms with Gasteiger partial charge in [-0.15, -0.1) is 0 Å². The number of ether oxygens (including phenoxy) is 1. The highest BCUT2D eigenvalue weighted by molar-refractivity contribution is 7.99. The molecule has 3 nitrogen and oxygen atoms in total. The highest BCUT2D eigenvalue weighted by Crippen LogP contribution is 2.12. The molecule has 0 aromatic heterocycles. The van der Waals surface area contributed by atoms with Crippen molar-refractivity contribution in [2.24, 2.45) is 0 Å². The Labute approximate surface area is 133 Å². The summed E-state index contributed by atoms with van der Waals surface area (Å²) in [7, 11) is 0. The van der Waals surface area contributed by atoms with Crippen LogP contribution in [0.4, 0.5) is 0 Å². The Morgan fingerprint density at radius 1 is 1.05 bits per heavy atom. The Balaban J connectivity index is 1.57. The molecule has 1 aliphatic rings. The van der Waals surface area contributed by atoms with E-state index in [-0.39, 0.29) is 0 Å². The van der Waals surface area contributed by atoms with Gasteiger partial charge in [-0.3, -0.25) is 4.90 Å². The lowest BCUT2D eigenvalue weighted by Crippen LogP contribution is -2.47. The van der Waals surface area contributed by atoms with Crippen molar-refractivity contribution in [1.82, 2.24) is 9.80 Å². The van der Waals surface area contributed by atoms with Crippen LogP contribution in [0.5, 0.6) is 5.75 Å². The first kappa shape index (κ1) is 16.7. The van der Waals surface area contributed by atoms with Gasteiger partial charge in [0.05, 0.1) is 0 Å². The van der Waals surface area contributed by atoms with Gasteiger partial charge in [-0.25, -0.2) is 0 Å². The first-order valence-electron chi connectivity index (χ1n) is 7.93. The quantitative estimate of drug-likeness (QED) is 0.733. The van der Waals surface area contributed by atoms with Gasteiger partial charge in [0.15, 0.2) is 0 Å². The Morgan fingerprint density at radius 3 is 2.29 bits per heavy atom. The summed E-state index contributed by atoms with van der Waals surface area (Å²) in [5, 5.41) is 0.780. The van der Waals surface area contributed by atoms with Crippen molar-refractivity contribution < 1.29 is 4.74 Å². The Hall–Kier alpha value is -0.710. The second-order valence-electron chi connectivity index (χ2n) is 5.68. The zero-order valence-corrected chi connectivity index (χ0v) is 14.1. The second kappa shape index (κ2) is 9.34. The summed E-state index contributed by atoms with van der Waals surface area (Å²) in [6.45, 7) is 10.1. The van der Waals surface area contributed by atoms with Crippen molar-refractivity contribution in [1.29, 1.82) is 0 Å². The topological polar surface area (TPSA) is 15.7 Å². The minimum Gasteiger partial charge on any atom is -0.492 e. The molecular weight excluding hydrogens is 280 g/mol. The maximum atomic E-state index is 5.77. The molecule has 1 aromatic carbocycles. The van der Waals surface area contributed by atoms with E-state index >= 15 is 0 Å². The third-order valence-corrected chi connectivity index (χ3v) is 5.18. The highest BCUT2D eigenvalue weighted by atomic mass is 32.2. The van der Waals surface area contributed by atoms with Gasteiger partial charge in [0.1, 0.15) is 12.4 Å². The largest absolute Gasteiger partial charge is 0.492 e. The molecule has 0 bridgehead atoms. The normalized spacial score (nSPS) is 18.6. The molecule has 1 atom stereocenters. The van der Waals surface area contributed by atoms with Crippen molar-refractivity contribution in [3.05, 3.63) is 30.3 Å². The van der Waals surface area contributed by atoms with Gasteiger partial charge in [-0.05, 0) is 31.4 Å². The van der Waals surface area contributed by atoms with Crippen LogP contribution in [0.2, 0.25) is 0 Å². The molecule has 1 fully saturated rings. The van der Waals surface area contributed by atoms with Crippen LogP contribution < -0.4 is 4.74 Å². The van der Waals surface area contributed by atoms with E-state index in [1.54, 1.807) is 0 Å². The van der Waals surface area contributed by atoms with Gasteiger partial charge in [-0.2, -0.15) is 11.8 Å². The minimum atomic E-state index is 0.780. The van der Waals surface area contributed by atoms with Crippen molar-refractivity contribution in [2.45, 2.75) is 18.6 Å². The zero-order chi connectivity index (χ0) is 14.9. The van der Waals surface area contributed by atoms with E-state index in [2.05, 4.69) is 23.0 Å². The van der Waals surface area contributed by atoms with E-state index in [9.17, 15) is 0 Å². The first-order valence-corrected chi connectivity index (χ1v) is 9.22. The summed E-state index contributed by atoms with van der Waals surface area (Å²) >= 11 is 1.97. The molecule has 0 saturated carbocycles. The second-order valence-corrected chi connectivity index (χ2v) is 6.96. The summed E-state index contributed by atoms with van der Waals surface area (Å²) in [6.07, 6.45) is 3.51. The average Bonchev–Trinajstić information content (AvgIpc) is 2.55. The van der Waals surface area contributed by atoms with Gasteiger partial charge in [0.2, 0.25) is 0 Å². The molecule has 0 aliphatic carbocycles. The van der Waals surface area contributed by atoms with Crippen LogP contribution in [-0.2, 0) is 0 Å². The Morgan fingerprint density at radius 2 is 1.67 bits per heavy atom. The number of hydrogen-bond donors (Lipinski definition) is 0. The monoisotopic (exact) mass is 308 g/mol. The molecule has 1 aliphatic heterocycles. The fourth-order valence-corrected chi connectivity index (χ4v) is 2.87. The van der Waals surface area contributed by atoms with E-state index in [4.69, 9.17) is 4.74 Å². The minimum absolute atomic E-state index is 0.780. The van der Waals surface area contributed by atoms with Crippen molar-refractivity contribution in [2.75, 3.05) is 52.1 Å². The zero-order valence-electron chi connectivity index (χ0n) is 13.3. The van der Waals surface area contributed by atoms with Crippen LogP contribution in [-0.4, -0.2) is 67.2 Å². The summed E-state index contributed by atoms with van der Waals surface area (Å²) in [5.41, 5.74) is 0. The Bertz CT molecular complexity index is 380. The molecule has 1 saturated heterocycles. The first-order chi connectivity index (χ1) is 10.3. The molecule has 4 heteroatoms. The molecule has 0 amide bonds. The number of rotatable bonds is 8. The summed E-state index contributed by atoms with van der Waals surface area (Å²) in [4.78, 5) is 5.11. The van der Waals surface area contributed by atoms with Crippen molar-refractivity contribution >= 4 is 11.8 Å². The van der Waals surface area contributed by atoms with E-state index in [1.165, 1.54) is 39.1 Å². The maximum Gasteiger partial charge on any atom is 0.119 e. The number of thioether (sulfide) groups is 1. The molecule has 1 heterocycles. The molecule has 0 spiro atoms. The molecule has 0 unspecified atom stereocenters. The number of hydrogen-bond acceptors (Lipinski definition) is 4. The molecule has 1 aromatic rings. The number of nitrogens with zero attached hydrogens (tertiary/aromatic N) is 2. The van der Waals surface area contributed by atoms with E-state index in [0.717, 1.165) is 24.2 Å². The fraction of sp³-hybridized carbons (Fsp3) is 0.647. The number of para-hydroxylation sites is 1. The summed E-state index contributed by atoms with van der Waals surface area (Å²) in [5.74, 6) is 0.974. The van der Waals surface area contributed by atoms with Gasteiger partial charge >= 0.3 is 0 Å². The van der Waals surface area contributed by atoms with Crippen LogP contribution >= 0.6 is 11.8 Å². The molecule has 21 heavy (non-hydrogen) atoms. The predicted octanol–water partition coefficient (Wildman–Crippen LogP) is 2.82. The van der Waals surface area contributed by atoms with E-state index in [0.29, 0.717) is 0 Å². The van der Waals surface area contributed by atoms with Gasteiger partial charge in [-0.1, -0.05) is 25.1 Å². The van der Waals surface area contributed by atoms with E-state index < -0.39 is 0 Å². The van der Waals surface area contributed by atoms with Crippen LogP contribution in [0.3, 0.4) is 0 Å². The number of piperazine rings is 1. The van der Waals surface area contributed by atoms with Gasteiger partial charge in [0.25, 0.3) is 0 Å². The van der Waals surface area contributed by atoms with Crippen LogP contribution in [0, 0.1) is 0 Å². The third kappa shape index (κ3) is 6.29. The lowest BCUT2D eigenvalue weighted by molar-refractivity contribution is 0.116. The van der Waals surface area contributed by atoms with Crippen LogP contribution in [0.15, 0.2) is 30.3 Å². The molecule has 0 radical (unpaired) electrons. The Kier molecular flexibility index (Phi) is 7.41. The van der Waals surface area contributed by atoms with Crippen molar-refractivity contribution in [3.63, 3.8) is 0 Å². The highest BCUT2D eigenvalue weighted by Gasteiger charge is 2.16. The molecule has 2 rings (SSSR count). The predicted molar refractivity (Wildman–Crippen MR) is 92.4 cm³/mol. The average molecular weight is 308 g/mol. The van der Waals surface area contributed by atoms with Gasteiger partial charge in [0, 0.05) is 38.0 Å². The van der Waals surface area contributed by atoms with Crippen LogP contribution in [0.25, 0.3) is 0 Å². The molecule has 0 N–H and O–H groups in total. The lowest BCUT2D eigenvalue weighted by Gasteiger charge is -2.34. The smallest absolute Gasteiger partial charge is 0.119 e. The summed E-state index contributed by atoms with van der Waals surface area (Å²) in [6, 6.07) is 10.1. The molecule has 118 valence electrons. The fourth-order valence-electron chi connectivity index (χ4n) is 2.53. The van der Waals surface area contributed by atoms with E-state index in [1.807, 2.05) is 42.1 Å². The maximum absolute atomic E-state index is 5.77. The third-order valence-electron chi connectivity index (χ3n) is 4.14.